The third-order valence-corrected chi connectivity index (χ3v) is 6.72. The first kappa shape index (κ1) is 16.6. The van der Waals surface area contributed by atoms with Crippen LogP contribution in [0.3, 0.4) is 0 Å². The van der Waals surface area contributed by atoms with E-state index in [4.69, 9.17) is 10.2 Å². The highest BCUT2D eigenvalue weighted by Crippen LogP contribution is 2.46. The van der Waals surface area contributed by atoms with E-state index in [1.807, 2.05) is 21.6 Å². The minimum atomic E-state index is 0.212. The molecule has 0 unspecified atom stereocenters. The predicted molar refractivity (Wildman–Crippen MR) is 76.0 cm³/mol. The Bertz CT molecular complexity index is 162. The third kappa shape index (κ3) is 8.74. The summed E-state index contributed by atoms with van der Waals surface area (Å²) in [6.45, 7) is 9.46. The standard InChI is InChI=1S/C12H26O2S2/c1-11(2,7-5-9-13)15-16-12(3,4)8-6-10-14/h13-14H,5-10H2,1-4H3. The van der Waals surface area contributed by atoms with Gasteiger partial charge in [0.1, 0.15) is 0 Å². The topological polar surface area (TPSA) is 40.5 Å². The van der Waals surface area contributed by atoms with Crippen LogP contribution in [0.4, 0.5) is 0 Å². The second-order valence-corrected chi connectivity index (χ2v) is 8.88. The van der Waals surface area contributed by atoms with Gasteiger partial charge >= 0.3 is 0 Å². The molecule has 0 fully saturated rings. The van der Waals surface area contributed by atoms with Crippen molar-refractivity contribution in [2.24, 2.45) is 0 Å². The molecule has 0 heterocycles. The first-order chi connectivity index (χ1) is 7.33. The van der Waals surface area contributed by atoms with E-state index in [1.54, 1.807) is 0 Å². The minimum absolute atomic E-state index is 0.212. The van der Waals surface area contributed by atoms with Gasteiger partial charge in [-0.25, -0.2) is 0 Å². The molecule has 0 aliphatic rings. The van der Waals surface area contributed by atoms with Crippen LogP contribution >= 0.6 is 21.6 Å². The van der Waals surface area contributed by atoms with Gasteiger partial charge in [-0.05, 0) is 53.4 Å². The molecule has 0 aliphatic carbocycles. The molecule has 0 aromatic heterocycles. The Morgan fingerprint density at radius 2 is 1.06 bits per heavy atom. The lowest BCUT2D eigenvalue weighted by Gasteiger charge is -2.29. The summed E-state index contributed by atoms with van der Waals surface area (Å²) in [6.07, 6.45) is 3.82. The molecule has 0 saturated heterocycles. The van der Waals surface area contributed by atoms with Crippen molar-refractivity contribution in [1.82, 2.24) is 0 Å². The van der Waals surface area contributed by atoms with E-state index in [1.165, 1.54) is 0 Å². The van der Waals surface area contributed by atoms with E-state index in [-0.39, 0.29) is 22.7 Å². The molecule has 0 aromatic carbocycles. The van der Waals surface area contributed by atoms with Gasteiger partial charge in [-0.15, -0.1) is 0 Å². The van der Waals surface area contributed by atoms with Crippen molar-refractivity contribution in [1.29, 1.82) is 0 Å². The van der Waals surface area contributed by atoms with Gasteiger partial charge in [-0.3, -0.25) is 0 Å². The molecule has 16 heavy (non-hydrogen) atoms. The number of hydrogen-bond acceptors (Lipinski definition) is 4. The molecular formula is C12H26O2S2. The summed E-state index contributed by atoms with van der Waals surface area (Å²) >= 11 is 0. The van der Waals surface area contributed by atoms with E-state index in [0.717, 1.165) is 25.7 Å². The van der Waals surface area contributed by atoms with Crippen molar-refractivity contribution < 1.29 is 10.2 Å². The van der Waals surface area contributed by atoms with Gasteiger partial charge in [0.15, 0.2) is 0 Å². The molecule has 0 aliphatic heterocycles. The number of rotatable bonds is 9. The molecule has 98 valence electrons. The smallest absolute Gasteiger partial charge is 0.0431 e. The van der Waals surface area contributed by atoms with Gasteiger partial charge in [0.2, 0.25) is 0 Å². The zero-order chi connectivity index (χ0) is 12.7. The average molecular weight is 266 g/mol. The highest BCUT2D eigenvalue weighted by atomic mass is 33.1. The summed E-state index contributed by atoms with van der Waals surface area (Å²) in [6, 6.07) is 0. The van der Waals surface area contributed by atoms with Crippen LogP contribution in [0.1, 0.15) is 53.4 Å². The molecule has 0 spiro atoms. The van der Waals surface area contributed by atoms with Gasteiger partial charge in [-0.2, -0.15) is 0 Å². The van der Waals surface area contributed by atoms with E-state index in [0.29, 0.717) is 0 Å². The van der Waals surface area contributed by atoms with Crippen LogP contribution in [0.5, 0.6) is 0 Å². The number of aliphatic hydroxyl groups is 2. The van der Waals surface area contributed by atoms with Crippen molar-refractivity contribution in [3.63, 3.8) is 0 Å². The van der Waals surface area contributed by atoms with E-state index in [9.17, 15) is 0 Å². The first-order valence-corrected chi connectivity index (χ1v) is 8.06. The van der Waals surface area contributed by atoms with Gasteiger partial charge in [0.05, 0.1) is 0 Å². The molecule has 0 bridgehead atoms. The Balaban J connectivity index is 3.91. The van der Waals surface area contributed by atoms with E-state index >= 15 is 0 Å². The molecule has 0 aromatic rings. The van der Waals surface area contributed by atoms with E-state index in [2.05, 4.69) is 27.7 Å². The second kappa shape index (κ2) is 7.85. The van der Waals surface area contributed by atoms with Crippen LogP contribution in [0.15, 0.2) is 0 Å². The lowest BCUT2D eigenvalue weighted by atomic mass is 10.1. The van der Waals surface area contributed by atoms with Crippen molar-refractivity contribution in [2.75, 3.05) is 13.2 Å². The highest BCUT2D eigenvalue weighted by molar-refractivity contribution is 8.77. The Labute approximate surface area is 108 Å². The molecule has 0 rings (SSSR count). The van der Waals surface area contributed by atoms with Gasteiger partial charge in [0.25, 0.3) is 0 Å². The zero-order valence-corrected chi connectivity index (χ0v) is 12.6. The lowest BCUT2D eigenvalue weighted by Crippen LogP contribution is -2.19. The van der Waals surface area contributed by atoms with Gasteiger partial charge in [0, 0.05) is 22.7 Å². The van der Waals surface area contributed by atoms with Crippen LogP contribution in [0.2, 0.25) is 0 Å². The SMILES string of the molecule is CC(C)(CCCO)SSC(C)(C)CCCO. The van der Waals surface area contributed by atoms with Crippen LogP contribution in [-0.4, -0.2) is 32.9 Å². The Hall–Kier alpha value is 0.620. The lowest BCUT2D eigenvalue weighted by molar-refractivity contribution is 0.279. The maximum atomic E-state index is 8.83. The fourth-order valence-corrected chi connectivity index (χ4v) is 4.08. The zero-order valence-electron chi connectivity index (χ0n) is 11.0. The normalized spacial score (nSPS) is 13.1. The largest absolute Gasteiger partial charge is 0.396 e. The fraction of sp³-hybridized carbons (Fsp3) is 1.00. The van der Waals surface area contributed by atoms with Gasteiger partial charge < -0.3 is 10.2 Å². The quantitative estimate of drug-likeness (QED) is 0.627. The van der Waals surface area contributed by atoms with Crippen LogP contribution in [-0.2, 0) is 0 Å². The molecule has 0 saturated carbocycles. The summed E-state index contributed by atoms with van der Waals surface area (Å²) in [5.41, 5.74) is 0. The Morgan fingerprint density at radius 1 is 0.750 bits per heavy atom. The average Bonchev–Trinajstić information content (AvgIpc) is 2.22. The second-order valence-electron chi connectivity index (χ2n) is 5.34. The summed E-state index contributed by atoms with van der Waals surface area (Å²) in [5, 5.41) is 17.7. The Morgan fingerprint density at radius 3 is 1.31 bits per heavy atom. The predicted octanol–water partition coefficient (Wildman–Crippen LogP) is 3.47. The summed E-state index contributed by atoms with van der Waals surface area (Å²) in [4.78, 5) is 0. The van der Waals surface area contributed by atoms with Crippen molar-refractivity contribution >= 4 is 21.6 Å². The molecule has 4 heteroatoms. The van der Waals surface area contributed by atoms with Crippen LogP contribution < -0.4 is 0 Å². The molecule has 0 radical (unpaired) electrons. The van der Waals surface area contributed by atoms with Crippen molar-refractivity contribution in [2.45, 2.75) is 62.9 Å². The summed E-state index contributed by atoms with van der Waals surface area (Å²) < 4.78 is 0.424. The minimum Gasteiger partial charge on any atom is -0.396 e. The number of aliphatic hydroxyl groups excluding tert-OH is 2. The summed E-state index contributed by atoms with van der Waals surface area (Å²) in [7, 11) is 3.80. The third-order valence-electron chi connectivity index (χ3n) is 2.37. The highest BCUT2D eigenvalue weighted by Gasteiger charge is 2.25. The molecule has 2 nitrogen and oxygen atoms in total. The van der Waals surface area contributed by atoms with Crippen molar-refractivity contribution in [3.8, 4) is 0 Å². The Kier molecular flexibility index (Phi) is 8.16. The monoisotopic (exact) mass is 266 g/mol. The first-order valence-electron chi connectivity index (χ1n) is 5.91. The summed E-state index contributed by atoms with van der Waals surface area (Å²) in [5.74, 6) is 0. The maximum Gasteiger partial charge on any atom is 0.0431 e. The van der Waals surface area contributed by atoms with E-state index < -0.39 is 0 Å². The van der Waals surface area contributed by atoms with Gasteiger partial charge in [-0.1, -0.05) is 21.6 Å². The molecule has 2 N–H and O–H groups in total. The number of hydrogen-bond donors (Lipinski definition) is 2. The van der Waals surface area contributed by atoms with Crippen LogP contribution in [0, 0.1) is 0 Å². The van der Waals surface area contributed by atoms with Crippen molar-refractivity contribution in [3.05, 3.63) is 0 Å². The van der Waals surface area contributed by atoms with Crippen LogP contribution in [0.25, 0.3) is 0 Å². The fourth-order valence-electron chi connectivity index (χ4n) is 1.32. The molecular weight excluding hydrogens is 240 g/mol. The molecule has 0 amide bonds. The molecule has 0 atom stereocenters. The maximum absolute atomic E-state index is 8.83.